The summed E-state index contributed by atoms with van der Waals surface area (Å²) >= 11 is 0. The summed E-state index contributed by atoms with van der Waals surface area (Å²) in [6, 6.07) is 0. The molecule has 0 aromatic rings. The summed E-state index contributed by atoms with van der Waals surface area (Å²) < 4.78 is 5.34. The van der Waals surface area contributed by atoms with Crippen LogP contribution in [0, 0.1) is 17.3 Å². The van der Waals surface area contributed by atoms with Crippen molar-refractivity contribution in [3.8, 4) is 0 Å². The molecule has 3 atom stereocenters. The molecular weight excluding hydrogens is 206 g/mol. The second-order valence-electron chi connectivity index (χ2n) is 5.19. The van der Waals surface area contributed by atoms with E-state index in [1.165, 1.54) is 0 Å². The average Bonchev–Trinajstić information content (AvgIpc) is 2.13. The first kappa shape index (κ1) is 13.2. The fourth-order valence-corrected chi connectivity index (χ4v) is 2.74. The molecule has 0 aliphatic carbocycles. The van der Waals surface area contributed by atoms with Crippen LogP contribution in [0.15, 0.2) is 0 Å². The van der Waals surface area contributed by atoms with Crippen LogP contribution in [0.25, 0.3) is 0 Å². The SMILES string of the molecule is COC(C)C1(C)CC(=O)NC(=O)C1C(C)C. The Labute approximate surface area is 96.7 Å². The number of hydrogen-bond donors (Lipinski definition) is 1. The number of carbonyl (C=O) groups is 2. The lowest BCUT2D eigenvalue weighted by atomic mass is 9.64. The van der Waals surface area contributed by atoms with Gasteiger partial charge in [-0.1, -0.05) is 20.8 Å². The Kier molecular flexibility index (Phi) is 3.73. The summed E-state index contributed by atoms with van der Waals surface area (Å²) in [5.74, 6) is -0.359. The topological polar surface area (TPSA) is 55.4 Å². The van der Waals surface area contributed by atoms with Crippen LogP contribution in [-0.4, -0.2) is 25.0 Å². The van der Waals surface area contributed by atoms with Crippen molar-refractivity contribution in [3.05, 3.63) is 0 Å². The van der Waals surface area contributed by atoms with Gasteiger partial charge < -0.3 is 4.74 Å². The van der Waals surface area contributed by atoms with Crippen LogP contribution in [0.5, 0.6) is 0 Å². The van der Waals surface area contributed by atoms with Crippen LogP contribution < -0.4 is 5.32 Å². The molecule has 1 saturated heterocycles. The first-order valence-electron chi connectivity index (χ1n) is 5.69. The van der Waals surface area contributed by atoms with Crippen molar-refractivity contribution in [1.29, 1.82) is 0 Å². The smallest absolute Gasteiger partial charge is 0.230 e. The number of piperidine rings is 1. The third-order valence-electron chi connectivity index (χ3n) is 3.75. The Morgan fingerprint density at radius 1 is 1.38 bits per heavy atom. The lowest BCUT2D eigenvalue weighted by Gasteiger charge is -2.45. The molecule has 1 aliphatic rings. The number of methoxy groups -OCH3 is 1. The standard InChI is InChI=1S/C12H21NO3/c1-7(2)10-11(15)13-9(14)6-12(10,4)8(3)16-5/h7-8,10H,6H2,1-5H3,(H,13,14,15). The van der Waals surface area contributed by atoms with E-state index in [4.69, 9.17) is 4.74 Å². The van der Waals surface area contributed by atoms with Gasteiger partial charge in [0.25, 0.3) is 0 Å². The fourth-order valence-electron chi connectivity index (χ4n) is 2.74. The summed E-state index contributed by atoms with van der Waals surface area (Å²) in [6.07, 6.45) is 0.228. The van der Waals surface area contributed by atoms with Gasteiger partial charge >= 0.3 is 0 Å². The molecule has 1 heterocycles. The van der Waals surface area contributed by atoms with Crippen molar-refractivity contribution >= 4 is 11.8 Å². The average molecular weight is 227 g/mol. The maximum atomic E-state index is 11.9. The van der Waals surface area contributed by atoms with Gasteiger partial charge in [-0.15, -0.1) is 0 Å². The molecule has 4 heteroatoms. The van der Waals surface area contributed by atoms with Gasteiger partial charge in [0, 0.05) is 24.9 Å². The van der Waals surface area contributed by atoms with E-state index in [9.17, 15) is 9.59 Å². The minimum atomic E-state index is -0.414. The summed E-state index contributed by atoms with van der Waals surface area (Å²) in [5.41, 5.74) is -0.414. The van der Waals surface area contributed by atoms with E-state index in [0.717, 1.165) is 0 Å². The van der Waals surface area contributed by atoms with Gasteiger partial charge in [-0.25, -0.2) is 0 Å². The Balaban J connectivity index is 3.08. The number of rotatable bonds is 3. The lowest BCUT2D eigenvalue weighted by Crippen LogP contribution is -2.56. The molecule has 0 aromatic heterocycles. The van der Waals surface area contributed by atoms with E-state index < -0.39 is 5.41 Å². The van der Waals surface area contributed by atoms with Crippen molar-refractivity contribution in [2.45, 2.75) is 40.2 Å². The maximum Gasteiger partial charge on any atom is 0.230 e. The molecule has 1 N–H and O–H groups in total. The van der Waals surface area contributed by atoms with Gasteiger partial charge in [0.2, 0.25) is 11.8 Å². The van der Waals surface area contributed by atoms with Crippen molar-refractivity contribution in [1.82, 2.24) is 5.32 Å². The number of imide groups is 1. The van der Waals surface area contributed by atoms with Crippen LogP contribution in [0.2, 0.25) is 0 Å². The minimum absolute atomic E-state index is 0.116. The molecule has 0 spiro atoms. The van der Waals surface area contributed by atoms with E-state index in [1.807, 2.05) is 27.7 Å². The molecule has 92 valence electrons. The molecule has 1 aliphatic heterocycles. The number of hydrogen-bond acceptors (Lipinski definition) is 3. The van der Waals surface area contributed by atoms with Crippen LogP contribution in [-0.2, 0) is 14.3 Å². The summed E-state index contributed by atoms with van der Waals surface area (Å²) in [6.45, 7) is 7.88. The van der Waals surface area contributed by atoms with Gasteiger partial charge in [0.05, 0.1) is 6.10 Å². The monoisotopic (exact) mass is 227 g/mol. The van der Waals surface area contributed by atoms with E-state index in [-0.39, 0.29) is 29.8 Å². The molecule has 0 aromatic carbocycles. The van der Waals surface area contributed by atoms with Gasteiger partial charge in [0.1, 0.15) is 0 Å². The molecular formula is C12H21NO3. The van der Waals surface area contributed by atoms with Crippen LogP contribution in [0.4, 0.5) is 0 Å². The van der Waals surface area contributed by atoms with Crippen molar-refractivity contribution in [2.24, 2.45) is 17.3 Å². The van der Waals surface area contributed by atoms with E-state index in [0.29, 0.717) is 6.42 Å². The zero-order chi connectivity index (χ0) is 12.5. The maximum absolute atomic E-state index is 11.9. The molecule has 16 heavy (non-hydrogen) atoms. The molecule has 1 fully saturated rings. The van der Waals surface area contributed by atoms with Crippen LogP contribution >= 0.6 is 0 Å². The summed E-state index contributed by atoms with van der Waals surface area (Å²) in [5, 5.41) is 2.41. The molecule has 0 bridgehead atoms. The molecule has 0 saturated carbocycles. The fraction of sp³-hybridized carbons (Fsp3) is 0.833. The largest absolute Gasteiger partial charge is 0.381 e. The van der Waals surface area contributed by atoms with Gasteiger partial charge in [0.15, 0.2) is 0 Å². The second kappa shape index (κ2) is 4.53. The van der Waals surface area contributed by atoms with Crippen LogP contribution in [0.1, 0.15) is 34.1 Å². The third kappa shape index (κ3) is 2.12. The second-order valence-corrected chi connectivity index (χ2v) is 5.19. The highest BCUT2D eigenvalue weighted by molar-refractivity contribution is 5.99. The van der Waals surface area contributed by atoms with Gasteiger partial charge in [-0.2, -0.15) is 0 Å². The van der Waals surface area contributed by atoms with Gasteiger partial charge in [-0.05, 0) is 12.8 Å². The van der Waals surface area contributed by atoms with E-state index in [2.05, 4.69) is 5.32 Å². The Morgan fingerprint density at radius 2 is 1.94 bits per heavy atom. The molecule has 3 unspecified atom stereocenters. The zero-order valence-corrected chi connectivity index (χ0v) is 10.7. The summed E-state index contributed by atoms with van der Waals surface area (Å²) in [7, 11) is 1.62. The highest BCUT2D eigenvalue weighted by atomic mass is 16.5. The molecule has 2 amide bonds. The molecule has 1 rings (SSSR count). The number of carbonyl (C=O) groups excluding carboxylic acids is 2. The minimum Gasteiger partial charge on any atom is -0.381 e. The first-order valence-corrected chi connectivity index (χ1v) is 5.69. The first-order chi connectivity index (χ1) is 7.32. The number of nitrogens with one attached hydrogen (secondary N) is 1. The zero-order valence-electron chi connectivity index (χ0n) is 10.7. The quantitative estimate of drug-likeness (QED) is 0.740. The predicted octanol–water partition coefficient (Wildman–Crippen LogP) is 1.35. The Morgan fingerprint density at radius 3 is 2.38 bits per heavy atom. The summed E-state index contributed by atoms with van der Waals surface area (Å²) in [4.78, 5) is 23.4. The molecule has 4 nitrogen and oxygen atoms in total. The normalized spacial score (nSPS) is 32.8. The Bertz CT molecular complexity index is 301. The van der Waals surface area contributed by atoms with Gasteiger partial charge in [-0.3, -0.25) is 14.9 Å². The predicted molar refractivity (Wildman–Crippen MR) is 60.7 cm³/mol. The van der Waals surface area contributed by atoms with E-state index in [1.54, 1.807) is 7.11 Å². The third-order valence-corrected chi connectivity index (χ3v) is 3.75. The highest BCUT2D eigenvalue weighted by Gasteiger charge is 2.49. The number of amides is 2. The van der Waals surface area contributed by atoms with Crippen molar-refractivity contribution < 1.29 is 14.3 Å². The van der Waals surface area contributed by atoms with Crippen molar-refractivity contribution in [3.63, 3.8) is 0 Å². The molecule has 0 radical (unpaired) electrons. The van der Waals surface area contributed by atoms with Crippen LogP contribution in [0.3, 0.4) is 0 Å². The lowest BCUT2D eigenvalue weighted by molar-refractivity contribution is -0.152. The number of ether oxygens (including phenoxy) is 1. The Hall–Kier alpha value is -0.900. The highest BCUT2D eigenvalue weighted by Crippen LogP contribution is 2.42. The van der Waals surface area contributed by atoms with E-state index >= 15 is 0 Å². The van der Waals surface area contributed by atoms with Crippen molar-refractivity contribution in [2.75, 3.05) is 7.11 Å².